The van der Waals surface area contributed by atoms with Crippen molar-refractivity contribution in [1.82, 2.24) is 26.6 Å². The van der Waals surface area contributed by atoms with Crippen molar-refractivity contribution in [3.8, 4) is 11.1 Å². The Hall–Kier alpha value is -4.31. The maximum Gasteiger partial charge on any atom is 0.481 e. The lowest BCUT2D eigenvalue weighted by molar-refractivity contribution is -0.199. The average molecular weight is 844 g/mol. The predicted octanol–water partition coefficient (Wildman–Crippen LogP) is 3.93. The number of hydrogen-bond donors (Lipinski definition) is 7. The van der Waals surface area contributed by atoms with Crippen LogP contribution in [-0.4, -0.2) is 92.1 Å². The third-order valence-electron chi connectivity index (χ3n) is 13.3. The Morgan fingerprint density at radius 1 is 0.754 bits per heavy atom. The van der Waals surface area contributed by atoms with E-state index >= 15 is 0 Å². The summed E-state index contributed by atoms with van der Waals surface area (Å²) in [4.78, 5) is 66.9. The fraction of sp³-hybridized carbons (Fsp3) is 0.630. The zero-order valence-corrected chi connectivity index (χ0v) is 37.1. The van der Waals surface area contributed by atoms with Crippen LogP contribution in [0.25, 0.3) is 11.1 Å². The molecule has 0 spiro atoms. The van der Waals surface area contributed by atoms with E-state index in [1.54, 1.807) is 12.1 Å². The Labute approximate surface area is 362 Å². The van der Waals surface area contributed by atoms with Crippen LogP contribution < -0.4 is 38.1 Å². The van der Waals surface area contributed by atoms with Gasteiger partial charge in [-0.1, -0.05) is 63.6 Å². The Kier molecular flexibility index (Phi) is 17.0. The fourth-order valence-electron chi connectivity index (χ4n) is 9.28. The van der Waals surface area contributed by atoms with Crippen molar-refractivity contribution < 1.29 is 33.3 Å². The summed E-state index contributed by atoms with van der Waals surface area (Å²) in [5.41, 5.74) is 15.0. The largest absolute Gasteiger partial charge is 0.481 e. The van der Waals surface area contributed by atoms with Crippen molar-refractivity contribution in [3.05, 3.63) is 59.7 Å². The van der Waals surface area contributed by atoms with Gasteiger partial charge >= 0.3 is 7.12 Å². The minimum atomic E-state index is -1.02. The zero-order chi connectivity index (χ0) is 44.3. The van der Waals surface area contributed by atoms with Gasteiger partial charge in [-0.2, -0.15) is 0 Å². The SMILES string of the molecule is CCCCc1ccc(-c2ccc(C(=O)N[C@H](CCCCN)C(=O)N[C@@H](CCCCN)C(=O)N[C@@H](C)C(=O)NCC(=O)N[C@@H](C)B3OC4C[C@@H]5C[C@@H](C5(C)C)[C@]4(C)O3)cc2)cc1. The second-order valence-corrected chi connectivity index (χ2v) is 18.2. The predicted molar refractivity (Wildman–Crippen MR) is 238 cm³/mol. The number of nitrogens with two attached hydrogens (primary N) is 2. The van der Waals surface area contributed by atoms with E-state index in [0.29, 0.717) is 62.6 Å². The number of amides is 5. The first-order chi connectivity index (χ1) is 29.1. The van der Waals surface area contributed by atoms with Gasteiger partial charge in [0.2, 0.25) is 23.6 Å². The van der Waals surface area contributed by atoms with Gasteiger partial charge in [0.25, 0.3) is 5.91 Å². The van der Waals surface area contributed by atoms with Crippen LogP contribution >= 0.6 is 0 Å². The van der Waals surface area contributed by atoms with Gasteiger partial charge in [-0.3, -0.25) is 24.0 Å². The molecule has 0 radical (unpaired) electrons. The van der Waals surface area contributed by atoms with E-state index in [4.69, 9.17) is 20.8 Å². The highest BCUT2D eigenvalue weighted by molar-refractivity contribution is 6.47. The summed E-state index contributed by atoms with van der Waals surface area (Å²) < 4.78 is 12.8. The Bertz CT molecular complexity index is 1810. The van der Waals surface area contributed by atoms with Crippen LogP contribution in [0.1, 0.15) is 122 Å². The van der Waals surface area contributed by atoms with Gasteiger partial charge in [0.05, 0.1) is 24.2 Å². The molecule has 334 valence electrons. The molecule has 2 aromatic rings. The molecule has 14 nitrogen and oxygen atoms in total. The second kappa shape index (κ2) is 21.7. The van der Waals surface area contributed by atoms with Gasteiger partial charge < -0.3 is 47.4 Å². The molecule has 2 aromatic carbocycles. The molecule has 9 N–H and O–H groups in total. The lowest BCUT2D eigenvalue weighted by atomic mass is 9.43. The summed E-state index contributed by atoms with van der Waals surface area (Å²) >= 11 is 0. The van der Waals surface area contributed by atoms with Crippen molar-refractivity contribution in [2.24, 2.45) is 28.7 Å². The smallest absolute Gasteiger partial charge is 0.404 e. The van der Waals surface area contributed by atoms with Gasteiger partial charge in [0.15, 0.2) is 0 Å². The van der Waals surface area contributed by atoms with E-state index in [0.717, 1.165) is 43.2 Å². The Morgan fingerprint density at radius 3 is 1.93 bits per heavy atom. The zero-order valence-electron chi connectivity index (χ0n) is 37.1. The molecule has 2 bridgehead atoms. The highest BCUT2D eigenvalue weighted by Crippen LogP contribution is 2.65. The molecular formula is C46H70BN7O7. The molecule has 61 heavy (non-hydrogen) atoms. The molecule has 6 rings (SSSR count). The number of rotatable bonds is 23. The number of unbranched alkanes of at least 4 members (excludes halogenated alkanes) is 3. The molecule has 1 heterocycles. The molecule has 8 atom stereocenters. The highest BCUT2D eigenvalue weighted by Gasteiger charge is 2.68. The number of aryl methyl sites for hydroxylation is 1. The van der Waals surface area contributed by atoms with Gasteiger partial charge in [-0.15, -0.1) is 0 Å². The maximum absolute atomic E-state index is 13.8. The van der Waals surface area contributed by atoms with E-state index in [1.807, 2.05) is 19.1 Å². The molecule has 15 heteroatoms. The van der Waals surface area contributed by atoms with E-state index in [-0.39, 0.29) is 24.5 Å². The Morgan fingerprint density at radius 2 is 1.34 bits per heavy atom. The lowest BCUT2D eigenvalue weighted by Gasteiger charge is -2.64. The van der Waals surface area contributed by atoms with Crippen molar-refractivity contribution in [1.29, 1.82) is 0 Å². The van der Waals surface area contributed by atoms with Gasteiger partial charge in [-0.25, -0.2) is 0 Å². The van der Waals surface area contributed by atoms with Crippen LogP contribution in [0.2, 0.25) is 0 Å². The van der Waals surface area contributed by atoms with Crippen LogP contribution in [0.3, 0.4) is 0 Å². The Balaban J connectivity index is 1.12. The number of carbonyl (C=O) groups excluding carboxylic acids is 5. The lowest BCUT2D eigenvalue weighted by Crippen LogP contribution is -2.65. The minimum absolute atomic E-state index is 0.0185. The van der Waals surface area contributed by atoms with Crippen LogP contribution in [-0.2, 0) is 34.9 Å². The molecule has 1 aliphatic heterocycles. The summed E-state index contributed by atoms with van der Waals surface area (Å²) in [6, 6.07) is 12.7. The van der Waals surface area contributed by atoms with Crippen molar-refractivity contribution in [2.75, 3.05) is 19.6 Å². The quantitative estimate of drug-likeness (QED) is 0.0637. The molecule has 0 aromatic heterocycles. The topological polar surface area (TPSA) is 216 Å². The van der Waals surface area contributed by atoms with Gasteiger partial charge in [-0.05, 0) is 144 Å². The first-order valence-corrected chi connectivity index (χ1v) is 22.5. The van der Waals surface area contributed by atoms with Crippen molar-refractivity contribution >= 4 is 36.7 Å². The van der Waals surface area contributed by atoms with Gasteiger partial charge in [0.1, 0.15) is 18.1 Å². The molecule has 3 saturated carbocycles. The van der Waals surface area contributed by atoms with Crippen LogP contribution in [0.5, 0.6) is 0 Å². The van der Waals surface area contributed by atoms with E-state index in [1.165, 1.54) is 12.5 Å². The molecule has 1 unspecified atom stereocenters. The molecule has 4 aliphatic rings. The monoisotopic (exact) mass is 844 g/mol. The molecular weight excluding hydrogens is 773 g/mol. The third-order valence-corrected chi connectivity index (χ3v) is 13.3. The molecule has 3 aliphatic carbocycles. The number of carbonyl (C=O) groups is 5. The molecule has 1 saturated heterocycles. The summed E-state index contributed by atoms with van der Waals surface area (Å²) in [5.74, 6) is -1.96. The van der Waals surface area contributed by atoms with E-state index in [9.17, 15) is 24.0 Å². The molecule has 5 amide bonds. The van der Waals surface area contributed by atoms with Crippen LogP contribution in [0, 0.1) is 17.3 Å². The van der Waals surface area contributed by atoms with Crippen molar-refractivity contribution in [2.45, 2.75) is 148 Å². The summed E-state index contributed by atoms with van der Waals surface area (Å²) in [5, 5.41) is 13.9. The summed E-state index contributed by atoms with van der Waals surface area (Å²) in [6.07, 6.45) is 8.33. The third kappa shape index (κ3) is 12.0. The van der Waals surface area contributed by atoms with Gasteiger partial charge in [0, 0.05) is 5.56 Å². The normalized spacial score (nSPS) is 23.0. The highest BCUT2D eigenvalue weighted by atomic mass is 16.7. The minimum Gasteiger partial charge on any atom is -0.404 e. The number of hydrogen-bond acceptors (Lipinski definition) is 9. The van der Waals surface area contributed by atoms with Crippen LogP contribution in [0.4, 0.5) is 0 Å². The first kappa shape index (κ1) is 47.7. The number of benzene rings is 2. The fourth-order valence-corrected chi connectivity index (χ4v) is 9.28. The summed E-state index contributed by atoms with van der Waals surface area (Å²) in [7, 11) is -0.599. The molecule has 4 fully saturated rings. The summed E-state index contributed by atoms with van der Waals surface area (Å²) in [6.45, 7) is 12.7. The van der Waals surface area contributed by atoms with E-state index < -0.39 is 66.3 Å². The standard InChI is InChI=1S/C46H70BN7O7/c1-7-8-13-31-16-18-32(19-17-31)33-20-22-34(23-21-33)42(57)53-37(15-10-12-25-49)44(59)54-36(14-9-11-24-48)43(58)51-29(2)41(56)50-28-40(55)52-30(3)47-60-39-27-35-26-38(45(35,4)5)46(39,6)61-47/h16-23,29-30,35-39H,7-15,24-28,48-49H2,1-6H3,(H,50,56)(H,51,58)(H,52,55)(H,53,57)(H,54,59)/t29-,30-,35-,36-,37+,38-,39?,46-/m0/s1. The van der Waals surface area contributed by atoms with Crippen molar-refractivity contribution in [3.63, 3.8) is 0 Å². The van der Waals surface area contributed by atoms with E-state index in [2.05, 4.69) is 78.5 Å². The average Bonchev–Trinajstić information content (AvgIpc) is 3.62. The second-order valence-electron chi connectivity index (χ2n) is 18.2. The number of nitrogens with one attached hydrogen (secondary N) is 5. The van der Waals surface area contributed by atoms with Crippen LogP contribution in [0.15, 0.2) is 48.5 Å². The first-order valence-electron chi connectivity index (χ1n) is 22.5. The maximum atomic E-state index is 13.8.